The van der Waals surface area contributed by atoms with E-state index in [1.165, 1.54) is 9.58 Å². The summed E-state index contributed by atoms with van der Waals surface area (Å²) in [6, 6.07) is 21.1. The second-order valence-electron chi connectivity index (χ2n) is 9.52. The van der Waals surface area contributed by atoms with E-state index in [1.54, 1.807) is 90.8 Å². The summed E-state index contributed by atoms with van der Waals surface area (Å²) >= 11 is 11.8. The molecule has 1 aliphatic heterocycles. The molecule has 4 aromatic rings. The monoisotopic (exact) mass is 618 g/mol. The number of nitrogens with one attached hydrogen (secondary N) is 1. The Balaban J connectivity index is 1.46. The van der Waals surface area contributed by atoms with E-state index < -0.39 is 23.8 Å². The van der Waals surface area contributed by atoms with Crippen LogP contribution in [0.2, 0.25) is 5.02 Å². The smallest absolute Gasteiger partial charge is 0.325 e. The number of amides is 2. The van der Waals surface area contributed by atoms with Crippen molar-refractivity contribution in [2.75, 3.05) is 16.8 Å². The van der Waals surface area contributed by atoms with Gasteiger partial charge in [-0.05, 0) is 83.8 Å². The Bertz CT molecular complexity index is 1660. The number of hydrogen-bond acceptors (Lipinski definition) is 8. The molecule has 5 rings (SSSR count). The molecule has 0 bridgehead atoms. The summed E-state index contributed by atoms with van der Waals surface area (Å²) in [5, 5.41) is 20.2. The van der Waals surface area contributed by atoms with Gasteiger partial charge in [0, 0.05) is 10.7 Å². The van der Waals surface area contributed by atoms with Crippen molar-refractivity contribution < 1.29 is 28.6 Å². The molecule has 1 unspecified atom stereocenters. The lowest BCUT2D eigenvalue weighted by Crippen LogP contribution is -2.42. The summed E-state index contributed by atoms with van der Waals surface area (Å²) in [6.07, 6.45) is -0.209. The molecule has 1 aromatic heterocycles. The number of carbonyl (C=O) groups is 2. The average Bonchev–Trinajstić information content (AvgIpc) is 3.46. The first kappa shape index (κ1) is 29.7. The van der Waals surface area contributed by atoms with E-state index in [2.05, 4.69) is 15.6 Å². The van der Waals surface area contributed by atoms with Crippen molar-refractivity contribution in [3.63, 3.8) is 0 Å². The van der Waals surface area contributed by atoms with Gasteiger partial charge in [-0.2, -0.15) is 0 Å². The first-order chi connectivity index (χ1) is 20.7. The van der Waals surface area contributed by atoms with Crippen LogP contribution in [0.1, 0.15) is 24.6 Å². The van der Waals surface area contributed by atoms with Crippen LogP contribution in [0.25, 0.3) is 0 Å². The number of rotatable bonds is 10. The molecule has 13 heteroatoms. The first-order valence-electron chi connectivity index (χ1n) is 13.3. The van der Waals surface area contributed by atoms with Crippen LogP contribution in [0.4, 0.5) is 17.3 Å². The summed E-state index contributed by atoms with van der Waals surface area (Å²) in [6.45, 7) is 2.36. The van der Waals surface area contributed by atoms with E-state index in [9.17, 15) is 14.7 Å². The zero-order valence-electron chi connectivity index (χ0n) is 23.3. The normalized spacial score (nSPS) is 15.2. The average molecular weight is 619 g/mol. The Kier molecular flexibility index (Phi) is 8.98. The molecule has 0 spiro atoms. The molecule has 0 radical (unpaired) electrons. The lowest BCUT2D eigenvalue weighted by atomic mass is 10.1. The standard InChI is InChI=1S/C30H27ClN6O5S/c1-3-41-23-15-13-22(14-16-23)37-29(40)24(17-26(38)32-21-11-9-20(31)10-12-21)36(30(37)43)18-25-28(42-34-35(25)2)33-27(39)19-7-5-4-6-8-19/h4-16,24H,3,17-18H2,1-2H3,(H-,32,33,34,38,39). The highest BCUT2D eigenvalue weighted by atomic mass is 35.5. The van der Waals surface area contributed by atoms with Crippen molar-refractivity contribution in [1.29, 1.82) is 0 Å². The Morgan fingerprint density at radius 1 is 1.14 bits per heavy atom. The molecular weight excluding hydrogens is 592 g/mol. The molecule has 11 nitrogen and oxygen atoms in total. The number of halogens is 1. The van der Waals surface area contributed by atoms with Crippen LogP contribution in [0.15, 0.2) is 88.4 Å². The Morgan fingerprint density at radius 3 is 2.51 bits per heavy atom. The highest BCUT2D eigenvalue weighted by Gasteiger charge is 2.46. The molecule has 2 heterocycles. The number of aromatic nitrogens is 2. The number of carbonyl (C=O) groups excluding carboxylic acids is 2. The molecule has 220 valence electrons. The number of aryl methyl sites for hydroxylation is 1. The molecule has 0 aliphatic carbocycles. The second-order valence-corrected chi connectivity index (χ2v) is 10.3. The zero-order valence-corrected chi connectivity index (χ0v) is 24.8. The molecule has 0 saturated carbocycles. The largest absolute Gasteiger partial charge is 0.858 e. The summed E-state index contributed by atoms with van der Waals surface area (Å²) < 4.78 is 12.3. The topological polar surface area (TPSA) is 127 Å². The van der Waals surface area contributed by atoms with Gasteiger partial charge in [0.15, 0.2) is 12.2 Å². The van der Waals surface area contributed by atoms with Crippen LogP contribution in [-0.2, 0) is 23.2 Å². The number of ether oxygens (including phenoxy) is 1. The van der Waals surface area contributed by atoms with Crippen LogP contribution >= 0.6 is 23.8 Å². The van der Waals surface area contributed by atoms with Crippen molar-refractivity contribution in [3.05, 3.63) is 95.1 Å². The summed E-state index contributed by atoms with van der Waals surface area (Å²) in [5.41, 5.74) is 1.81. The minimum absolute atomic E-state index is 0.0160. The van der Waals surface area contributed by atoms with Gasteiger partial charge in [-0.3, -0.25) is 19.0 Å². The Labute approximate surface area is 257 Å². The number of anilines is 2. The molecule has 1 aliphatic rings. The van der Waals surface area contributed by atoms with Crippen LogP contribution in [-0.4, -0.2) is 45.6 Å². The summed E-state index contributed by atoms with van der Waals surface area (Å²) in [5.74, 6) is -0.700. The van der Waals surface area contributed by atoms with Gasteiger partial charge in [-0.25, -0.2) is 4.99 Å². The van der Waals surface area contributed by atoms with Gasteiger partial charge in [-0.15, -0.1) is 0 Å². The highest BCUT2D eigenvalue weighted by molar-refractivity contribution is 7.80. The van der Waals surface area contributed by atoms with Gasteiger partial charge in [0.25, 0.3) is 11.6 Å². The third kappa shape index (κ3) is 6.65. The molecular formula is C30H27ClN6O5S. The van der Waals surface area contributed by atoms with Crippen molar-refractivity contribution >= 4 is 63.9 Å². The van der Waals surface area contributed by atoms with E-state index in [0.717, 1.165) is 0 Å². The second kappa shape index (κ2) is 13.0. The van der Waals surface area contributed by atoms with Crippen molar-refractivity contribution in [2.45, 2.75) is 25.9 Å². The van der Waals surface area contributed by atoms with E-state index in [4.69, 9.17) is 33.1 Å². The van der Waals surface area contributed by atoms with Gasteiger partial charge in [0.2, 0.25) is 11.2 Å². The SMILES string of the molecule is CCOc1ccc(N2C(=O)C(CC(=O)Nc3ccc(Cl)cc3)N(Cc3c(/N=C(\[O-])c4ccccc4)on[n+]3C)C2=S)cc1. The molecule has 1 saturated heterocycles. The van der Waals surface area contributed by atoms with Gasteiger partial charge in [0.1, 0.15) is 18.3 Å². The zero-order chi connectivity index (χ0) is 30.5. The number of hydrogen-bond donors (Lipinski definition) is 1. The van der Waals surface area contributed by atoms with E-state index in [0.29, 0.717) is 40.0 Å². The first-order valence-corrected chi connectivity index (χ1v) is 14.1. The molecule has 2 amide bonds. The van der Waals surface area contributed by atoms with Crippen LogP contribution in [0, 0.1) is 0 Å². The molecule has 1 N–H and O–H groups in total. The predicted molar refractivity (Wildman–Crippen MR) is 162 cm³/mol. The quantitative estimate of drug-likeness (QED) is 0.124. The molecule has 1 fully saturated rings. The maximum atomic E-state index is 13.9. The summed E-state index contributed by atoms with van der Waals surface area (Å²) in [7, 11) is 1.62. The molecule has 1 atom stereocenters. The van der Waals surface area contributed by atoms with E-state index in [-0.39, 0.29) is 24.0 Å². The fourth-order valence-electron chi connectivity index (χ4n) is 4.52. The number of nitrogens with zero attached hydrogens (tertiary/aromatic N) is 5. The number of aliphatic imine (C=N–C) groups is 1. The fraction of sp³-hybridized carbons (Fsp3) is 0.200. The third-order valence-corrected chi connectivity index (χ3v) is 7.33. The van der Waals surface area contributed by atoms with Gasteiger partial charge in [0.05, 0.1) is 18.7 Å². The maximum Gasteiger partial charge on any atom is 0.325 e. The number of benzene rings is 3. The van der Waals surface area contributed by atoms with E-state index >= 15 is 0 Å². The molecule has 3 aromatic carbocycles. The fourth-order valence-corrected chi connectivity index (χ4v) is 5.04. The maximum absolute atomic E-state index is 13.9. The Hall–Kier alpha value is -4.81. The van der Waals surface area contributed by atoms with Gasteiger partial charge in [-0.1, -0.05) is 41.9 Å². The highest BCUT2D eigenvalue weighted by Crippen LogP contribution is 2.31. The van der Waals surface area contributed by atoms with Crippen LogP contribution in [0.3, 0.4) is 0 Å². The molecule has 43 heavy (non-hydrogen) atoms. The van der Waals surface area contributed by atoms with Crippen LogP contribution in [0.5, 0.6) is 5.75 Å². The minimum Gasteiger partial charge on any atom is -0.858 e. The Morgan fingerprint density at radius 2 is 1.84 bits per heavy atom. The predicted octanol–water partition coefficient (Wildman–Crippen LogP) is 3.52. The van der Waals surface area contributed by atoms with Gasteiger partial charge < -0.3 is 20.1 Å². The van der Waals surface area contributed by atoms with Crippen LogP contribution < -0.4 is 24.7 Å². The van der Waals surface area contributed by atoms with E-state index in [1.807, 2.05) is 6.92 Å². The number of thiocarbonyl (C=S) groups is 1. The van der Waals surface area contributed by atoms with Crippen molar-refractivity contribution in [1.82, 2.24) is 10.2 Å². The van der Waals surface area contributed by atoms with Crippen molar-refractivity contribution in [2.24, 2.45) is 12.0 Å². The minimum atomic E-state index is -0.973. The van der Waals surface area contributed by atoms with Gasteiger partial charge >= 0.3 is 5.88 Å². The van der Waals surface area contributed by atoms with Crippen molar-refractivity contribution in [3.8, 4) is 5.75 Å². The summed E-state index contributed by atoms with van der Waals surface area (Å²) in [4.78, 5) is 34.1. The third-order valence-electron chi connectivity index (χ3n) is 6.66. The lowest BCUT2D eigenvalue weighted by molar-refractivity contribution is -0.746. The lowest BCUT2D eigenvalue weighted by Gasteiger charge is -2.22.